The average Bonchev–Trinajstić information content (AvgIpc) is 2.34. The van der Waals surface area contributed by atoms with E-state index in [2.05, 4.69) is 5.32 Å². The van der Waals surface area contributed by atoms with Crippen LogP contribution in [0.3, 0.4) is 0 Å². The molecule has 2 amide bonds. The Hall–Kier alpha value is -2.41. The van der Waals surface area contributed by atoms with E-state index in [9.17, 15) is 26.7 Å². The molecule has 0 heterocycles. The van der Waals surface area contributed by atoms with E-state index in [1.54, 1.807) is 0 Å². The second-order valence-corrected chi connectivity index (χ2v) is 7.29. The Bertz CT molecular complexity index is 1020. The van der Waals surface area contributed by atoms with Gasteiger partial charge in [-0.3, -0.25) is 9.11 Å². The summed E-state index contributed by atoms with van der Waals surface area (Å²) >= 11 is 0. The summed E-state index contributed by atoms with van der Waals surface area (Å²) in [5.41, 5.74) is 4.67. The zero-order chi connectivity index (χ0) is 17.6. The maximum Gasteiger partial charge on any atom is 0.316 e. The molecule has 0 aliphatic carbocycles. The molecule has 12 heteroatoms. The fourth-order valence-electron chi connectivity index (χ4n) is 1.97. The third-order valence-electron chi connectivity index (χ3n) is 2.83. The Kier molecular flexibility index (Phi) is 3.94. The van der Waals surface area contributed by atoms with Crippen molar-refractivity contribution in [3.63, 3.8) is 0 Å². The quantitative estimate of drug-likeness (QED) is 0.489. The molecule has 0 aromatic heterocycles. The Labute approximate surface area is 130 Å². The fourth-order valence-corrected chi connectivity index (χ4v) is 3.05. The normalized spacial score (nSPS) is 12.3. The zero-order valence-corrected chi connectivity index (χ0v) is 12.7. The summed E-state index contributed by atoms with van der Waals surface area (Å²) in [5, 5.41) is 11.7. The SMILES string of the molecule is NC(=O)Nc1cc(S(=O)(=O)O)cc2cc(S(=O)(=O)O)cc(O)c12. The van der Waals surface area contributed by atoms with Crippen molar-refractivity contribution in [2.45, 2.75) is 9.79 Å². The lowest BCUT2D eigenvalue weighted by molar-refractivity contribution is 0.259. The number of phenolic OH excluding ortho intramolecular Hbond substituents is 1. The van der Waals surface area contributed by atoms with Gasteiger partial charge in [-0.15, -0.1) is 0 Å². The predicted octanol–water partition coefficient (Wildman–Crippen LogP) is 0.529. The first kappa shape index (κ1) is 17.0. The van der Waals surface area contributed by atoms with Crippen molar-refractivity contribution in [3.8, 4) is 5.75 Å². The number of anilines is 1. The van der Waals surface area contributed by atoms with E-state index < -0.39 is 41.8 Å². The van der Waals surface area contributed by atoms with Crippen LogP contribution in [0.5, 0.6) is 5.75 Å². The topological polar surface area (TPSA) is 184 Å². The molecule has 0 spiro atoms. The molecule has 124 valence electrons. The summed E-state index contributed by atoms with van der Waals surface area (Å²) in [6.07, 6.45) is 0. The fraction of sp³-hybridized carbons (Fsp3) is 0. The largest absolute Gasteiger partial charge is 0.507 e. The van der Waals surface area contributed by atoms with Gasteiger partial charge in [0, 0.05) is 11.5 Å². The predicted molar refractivity (Wildman–Crippen MR) is 78.4 cm³/mol. The van der Waals surface area contributed by atoms with Crippen LogP contribution in [0.1, 0.15) is 0 Å². The number of nitrogens with one attached hydrogen (secondary N) is 1. The van der Waals surface area contributed by atoms with Gasteiger partial charge >= 0.3 is 6.03 Å². The molecule has 23 heavy (non-hydrogen) atoms. The minimum Gasteiger partial charge on any atom is -0.507 e. The molecule has 2 aromatic carbocycles. The molecule has 2 aromatic rings. The third-order valence-corrected chi connectivity index (χ3v) is 4.49. The van der Waals surface area contributed by atoms with E-state index in [4.69, 9.17) is 14.8 Å². The van der Waals surface area contributed by atoms with E-state index >= 15 is 0 Å². The summed E-state index contributed by atoms with van der Waals surface area (Å²) in [6, 6.07) is 2.15. The highest BCUT2D eigenvalue weighted by Gasteiger charge is 2.20. The van der Waals surface area contributed by atoms with Crippen LogP contribution >= 0.6 is 0 Å². The van der Waals surface area contributed by atoms with Gasteiger partial charge in [-0.25, -0.2) is 4.79 Å². The highest BCUT2D eigenvalue weighted by atomic mass is 32.2. The second kappa shape index (κ2) is 5.34. The standard InChI is InChI=1S/C11H10N2O8S2/c12-11(15)13-8-3-6(22(16,17)18)1-5-2-7(23(19,20)21)4-9(14)10(5)8/h1-4,14H,(H3,12,13,15)(H,16,17,18)(H,19,20,21). The number of carbonyl (C=O) groups excluding carboxylic acids is 1. The summed E-state index contributed by atoms with van der Waals surface area (Å²) in [7, 11) is -9.38. The number of rotatable bonds is 3. The average molecular weight is 362 g/mol. The Morgan fingerprint density at radius 3 is 1.87 bits per heavy atom. The lowest BCUT2D eigenvalue weighted by Gasteiger charge is -2.12. The summed E-state index contributed by atoms with van der Waals surface area (Å²) < 4.78 is 63.0. The van der Waals surface area contributed by atoms with Crippen LogP contribution in [0.4, 0.5) is 10.5 Å². The maximum absolute atomic E-state index is 11.3. The van der Waals surface area contributed by atoms with E-state index in [0.29, 0.717) is 6.07 Å². The number of aromatic hydroxyl groups is 1. The smallest absolute Gasteiger partial charge is 0.316 e. The highest BCUT2D eigenvalue weighted by molar-refractivity contribution is 7.86. The van der Waals surface area contributed by atoms with Crippen molar-refractivity contribution < 1.29 is 35.8 Å². The number of primary amides is 1. The number of nitrogens with two attached hydrogens (primary N) is 1. The number of fused-ring (bicyclic) bond motifs is 1. The molecule has 2 rings (SSSR count). The van der Waals surface area contributed by atoms with Crippen molar-refractivity contribution >= 4 is 42.7 Å². The molecular weight excluding hydrogens is 352 g/mol. The minimum absolute atomic E-state index is 0.136. The van der Waals surface area contributed by atoms with Crippen LogP contribution in [0.15, 0.2) is 34.1 Å². The molecule has 0 unspecified atom stereocenters. The first-order valence-corrected chi connectivity index (χ1v) is 8.60. The number of hydrogen-bond donors (Lipinski definition) is 5. The van der Waals surface area contributed by atoms with Gasteiger partial charge in [-0.1, -0.05) is 0 Å². The number of carbonyl (C=O) groups is 1. The van der Waals surface area contributed by atoms with E-state index in [-0.39, 0.29) is 16.5 Å². The van der Waals surface area contributed by atoms with Crippen LogP contribution in [-0.2, 0) is 20.2 Å². The summed E-state index contributed by atoms with van der Waals surface area (Å²) in [6.45, 7) is 0. The van der Waals surface area contributed by atoms with Gasteiger partial charge < -0.3 is 16.2 Å². The molecule has 0 atom stereocenters. The van der Waals surface area contributed by atoms with Gasteiger partial charge in [-0.2, -0.15) is 16.8 Å². The molecule has 6 N–H and O–H groups in total. The number of hydrogen-bond acceptors (Lipinski definition) is 6. The van der Waals surface area contributed by atoms with Gasteiger partial charge in [-0.05, 0) is 23.6 Å². The molecule has 10 nitrogen and oxygen atoms in total. The van der Waals surface area contributed by atoms with E-state index in [1.807, 2.05) is 0 Å². The maximum atomic E-state index is 11.3. The Morgan fingerprint density at radius 2 is 1.43 bits per heavy atom. The minimum atomic E-state index is -4.70. The van der Waals surface area contributed by atoms with Crippen molar-refractivity contribution in [1.29, 1.82) is 0 Å². The van der Waals surface area contributed by atoms with Gasteiger partial charge in [0.05, 0.1) is 15.5 Å². The zero-order valence-electron chi connectivity index (χ0n) is 11.1. The lowest BCUT2D eigenvalue weighted by atomic mass is 10.1. The molecule has 0 fully saturated rings. The Balaban J connectivity index is 2.95. The van der Waals surface area contributed by atoms with Crippen LogP contribution in [-0.4, -0.2) is 37.1 Å². The summed E-state index contributed by atoms with van der Waals surface area (Å²) in [5.74, 6) is -0.666. The lowest BCUT2D eigenvalue weighted by Crippen LogP contribution is -2.19. The molecular formula is C11H10N2O8S2. The summed E-state index contributed by atoms with van der Waals surface area (Å²) in [4.78, 5) is 9.60. The van der Waals surface area contributed by atoms with Crippen molar-refractivity contribution in [2.75, 3.05) is 5.32 Å². The first-order chi connectivity index (χ1) is 10.4. The molecule has 0 saturated heterocycles. The Morgan fingerprint density at radius 1 is 0.957 bits per heavy atom. The highest BCUT2D eigenvalue weighted by Crippen LogP contribution is 2.36. The number of phenols is 1. The molecule has 0 bridgehead atoms. The van der Waals surface area contributed by atoms with Gasteiger partial charge in [0.25, 0.3) is 20.2 Å². The molecule has 0 aliphatic heterocycles. The van der Waals surface area contributed by atoms with E-state index in [1.165, 1.54) is 0 Å². The van der Waals surface area contributed by atoms with Crippen molar-refractivity contribution in [1.82, 2.24) is 0 Å². The monoisotopic (exact) mass is 362 g/mol. The van der Waals surface area contributed by atoms with Gasteiger partial charge in [0.15, 0.2) is 0 Å². The van der Waals surface area contributed by atoms with Crippen LogP contribution < -0.4 is 11.1 Å². The van der Waals surface area contributed by atoms with Crippen LogP contribution in [0.2, 0.25) is 0 Å². The molecule has 0 aliphatic rings. The number of urea groups is 1. The number of amides is 2. The van der Waals surface area contributed by atoms with E-state index in [0.717, 1.165) is 18.2 Å². The third kappa shape index (κ3) is 3.50. The van der Waals surface area contributed by atoms with Crippen LogP contribution in [0.25, 0.3) is 10.8 Å². The van der Waals surface area contributed by atoms with Gasteiger partial charge in [0.2, 0.25) is 0 Å². The van der Waals surface area contributed by atoms with Crippen molar-refractivity contribution in [3.05, 3.63) is 24.3 Å². The van der Waals surface area contributed by atoms with Gasteiger partial charge in [0.1, 0.15) is 5.75 Å². The number of benzene rings is 2. The first-order valence-electron chi connectivity index (χ1n) is 5.72. The molecule has 0 radical (unpaired) electrons. The van der Waals surface area contributed by atoms with Crippen LogP contribution in [0, 0.1) is 0 Å². The van der Waals surface area contributed by atoms with Crippen molar-refractivity contribution in [2.24, 2.45) is 5.73 Å². The second-order valence-electron chi connectivity index (χ2n) is 4.45. The molecule has 0 saturated carbocycles.